The van der Waals surface area contributed by atoms with Crippen molar-refractivity contribution < 1.29 is 4.79 Å². The molecule has 0 unspecified atom stereocenters. The first-order chi connectivity index (χ1) is 12.6. The van der Waals surface area contributed by atoms with Crippen molar-refractivity contribution in [2.75, 3.05) is 13.1 Å². The highest BCUT2D eigenvalue weighted by Gasteiger charge is 2.27. The molecule has 1 amide bonds. The molecule has 0 spiro atoms. The minimum atomic E-state index is 0.112. The minimum absolute atomic E-state index is 0.112. The van der Waals surface area contributed by atoms with E-state index in [1.165, 1.54) is 0 Å². The Morgan fingerprint density at radius 1 is 1.12 bits per heavy atom. The third-order valence-electron chi connectivity index (χ3n) is 5.25. The van der Waals surface area contributed by atoms with Crippen LogP contribution in [0.5, 0.6) is 0 Å². The highest BCUT2D eigenvalue weighted by Crippen LogP contribution is 2.29. The van der Waals surface area contributed by atoms with Crippen molar-refractivity contribution in [1.82, 2.24) is 19.4 Å². The van der Waals surface area contributed by atoms with Crippen LogP contribution < -0.4 is 0 Å². The van der Waals surface area contributed by atoms with Crippen LogP contribution in [-0.4, -0.2) is 38.4 Å². The maximum absolute atomic E-state index is 12.9. The molecule has 1 fully saturated rings. The van der Waals surface area contributed by atoms with Gasteiger partial charge in [-0.2, -0.15) is 0 Å². The number of carbonyl (C=O) groups is 1. The van der Waals surface area contributed by atoms with Crippen molar-refractivity contribution in [1.29, 1.82) is 0 Å². The predicted molar refractivity (Wildman–Crippen MR) is 102 cm³/mol. The average molecular weight is 348 g/mol. The third kappa shape index (κ3) is 3.09. The fraction of sp³-hybridized carbons (Fsp3) is 0.381. The number of hydrogen-bond donors (Lipinski definition) is 0. The van der Waals surface area contributed by atoms with Crippen molar-refractivity contribution in [2.24, 2.45) is 0 Å². The van der Waals surface area contributed by atoms with Gasteiger partial charge in [0.15, 0.2) is 0 Å². The van der Waals surface area contributed by atoms with Crippen molar-refractivity contribution in [3.63, 3.8) is 0 Å². The third-order valence-corrected chi connectivity index (χ3v) is 5.25. The average Bonchev–Trinajstić information content (AvgIpc) is 3.17. The zero-order valence-corrected chi connectivity index (χ0v) is 15.3. The maximum atomic E-state index is 12.9. The van der Waals surface area contributed by atoms with Crippen LogP contribution in [0.25, 0.3) is 10.9 Å². The standard InChI is InChI=1S/C21H24N4O/c1-15(2)25-13-10-23-20(25)16-7-11-24(12-8-16)21(26)18-5-6-19-17(14-18)4-3-9-22-19/h3-6,9-10,13-16H,7-8,11-12H2,1-2H3. The van der Waals surface area contributed by atoms with Gasteiger partial charge in [-0.25, -0.2) is 4.98 Å². The zero-order valence-electron chi connectivity index (χ0n) is 15.3. The number of fused-ring (bicyclic) bond motifs is 1. The van der Waals surface area contributed by atoms with Gasteiger partial charge < -0.3 is 9.47 Å². The molecule has 0 N–H and O–H groups in total. The molecule has 0 saturated carbocycles. The predicted octanol–water partition coefficient (Wildman–Crippen LogP) is 4.03. The lowest BCUT2D eigenvalue weighted by Crippen LogP contribution is -2.38. The fourth-order valence-electron chi connectivity index (χ4n) is 3.81. The van der Waals surface area contributed by atoms with E-state index in [4.69, 9.17) is 0 Å². The summed E-state index contributed by atoms with van der Waals surface area (Å²) in [6.07, 6.45) is 7.64. The second-order valence-electron chi connectivity index (χ2n) is 7.26. The van der Waals surface area contributed by atoms with Gasteiger partial charge in [0.2, 0.25) is 0 Å². The number of aromatic nitrogens is 3. The van der Waals surface area contributed by atoms with Crippen molar-refractivity contribution in [2.45, 2.75) is 38.6 Å². The molecule has 1 aliphatic rings. The van der Waals surface area contributed by atoms with E-state index in [0.29, 0.717) is 12.0 Å². The molecule has 5 nitrogen and oxygen atoms in total. The van der Waals surface area contributed by atoms with E-state index in [1.807, 2.05) is 41.4 Å². The summed E-state index contributed by atoms with van der Waals surface area (Å²) in [7, 11) is 0. The minimum Gasteiger partial charge on any atom is -0.339 e. The quantitative estimate of drug-likeness (QED) is 0.718. The van der Waals surface area contributed by atoms with Crippen LogP contribution in [0.2, 0.25) is 0 Å². The Morgan fingerprint density at radius 3 is 2.69 bits per heavy atom. The lowest BCUT2D eigenvalue weighted by Gasteiger charge is -2.32. The lowest BCUT2D eigenvalue weighted by molar-refractivity contribution is 0.0710. The summed E-state index contributed by atoms with van der Waals surface area (Å²) >= 11 is 0. The molecule has 0 aliphatic carbocycles. The molecule has 2 aromatic heterocycles. The van der Waals surface area contributed by atoms with E-state index in [2.05, 4.69) is 34.6 Å². The number of piperidine rings is 1. The van der Waals surface area contributed by atoms with Gasteiger partial charge in [-0.3, -0.25) is 9.78 Å². The van der Waals surface area contributed by atoms with E-state index in [-0.39, 0.29) is 5.91 Å². The molecule has 5 heteroatoms. The molecule has 0 atom stereocenters. The molecule has 26 heavy (non-hydrogen) atoms. The van der Waals surface area contributed by atoms with Crippen LogP contribution in [0, 0.1) is 0 Å². The number of hydrogen-bond acceptors (Lipinski definition) is 3. The number of rotatable bonds is 3. The first-order valence-electron chi connectivity index (χ1n) is 9.30. The Balaban J connectivity index is 1.47. The van der Waals surface area contributed by atoms with E-state index in [0.717, 1.165) is 48.2 Å². The molecular formula is C21H24N4O. The van der Waals surface area contributed by atoms with Crippen LogP contribution in [0.3, 0.4) is 0 Å². The number of amides is 1. The number of likely N-dealkylation sites (tertiary alicyclic amines) is 1. The second-order valence-corrected chi connectivity index (χ2v) is 7.26. The van der Waals surface area contributed by atoms with Crippen LogP contribution in [0.1, 0.15) is 54.8 Å². The second kappa shape index (κ2) is 6.90. The highest BCUT2D eigenvalue weighted by molar-refractivity contribution is 5.98. The first kappa shape index (κ1) is 16.8. The summed E-state index contributed by atoms with van der Waals surface area (Å²) in [6.45, 7) is 5.91. The van der Waals surface area contributed by atoms with Gasteiger partial charge in [0.25, 0.3) is 5.91 Å². The van der Waals surface area contributed by atoms with E-state index in [9.17, 15) is 4.79 Å². The molecule has 4 rings (SSSR count). The van der Waals surface area contributed by atoms with Crippen LogP contribution >= 0.6 is 0 Å². The SMILES string of the molecule is CC(C)n1ccnc1C1CCN(C(=O)c2ccc3ncccc3c2)CC1. The Hall–Kier alpha value is -2.69. The summed E-state index contributed by atoms with van der Waals surface area (Å²) in [5.74, 6) is 1.70. The Bertz CT molecular complexity index is 922. The van der Waals surface area contributed by atoms with E-state index >= 15 is 0 Å². The maximum Gasteiger partial charge on any atom is 0.253 e. The van der Waals surface area contributed by atoms with Crippen LogP contribution in [-0.2, 0) is 0 Å². The lowest BCUT2D eigenvalue weighted by atomic mass is 9.95. The molecule has 0 radical (unpaired) electrons. The molecule has 1 aliphatic heterocycles. The molecule has 3 aromatic rings. The smallest absolute Gasteiger partial charge is 0.253 e. The van der Waals surface area contributed by atoms with Crippen LogP contribution in [0.15, 0.2) is 48.9 Å². The van der Waals surface area contributed by atoms with Gasteiger partial charge in [0.05, 0.1) is 5.52 Å². The van der Waals surface area contributed by atoms with Gasteiger partial charge in [-0.05, 0) is 51.0 Å². The number of benzene rings is 1. The Kier molecular flexibility index (Phi) is 4.45. The molecule has 134 valence electrons. The molecular weight excluding hydrogens is 324 g/mol. The highest BCUT2D eigenvalue weighted by atomic mass is 16.2. The van der Waals surface area contributed by atoms with Gasteiger partial charge in [-0.15, -0.1) is 0 Å². The normalized spacial score (nSPS) is 15.7. The van der Waals surface area contributed by atoms with Gasteiger partial charge in [0.1, 0.15) is 5.82 Å². The monoisotopic (exact) mass is 348 g/mol. The first-order valence-corrected chi connectivity index (χ1v) is 9.30. The van der Waals surface area contributed by atoms with Crippen molar-refractivity contribution in [3.8, 4) is 0 Å². The molecule has 1 saturated heterocycles. The summed E-state index contributed by atoms with van der Waals surface area (Å²) in [5.41, 5.74) is 1.66. The zero-order chi connectivity index (χ0) is 18.1. The van der Waals surface area contributed by atoms with Crippen molar-refractivity contribution >= 4 is 16.8 Å². The Labute approximate surface area is 153 Å². The van der Waals surface area contributed by atoms with E-state index < -0.39 is 0 Å². The summed E-state index contributed by atoms with van der Waals surface area (Å²) in [5, 5.41) is 1.01. The Morgan fingerprint density at radius 2 is 1.92 bits per heavy atom. The summed E-state index contributed by atoms with van der Waals surface area (Å²) in [4.78, 5) is 23.8. The fourth-order valence-corrected chi connectivity index (χ4v) is 3.81. The number of carbonyl (C=O) groups excluding carboxylic acids is 1. The number of imidazole rings is 1. The topological polar surface area (TPSA) is 51.0 Å². The summed E-state index contributed by atoms with van der Waals surface area (Å²) in [6, 6.07) is 10.1. The van der Waals surface area contributed by atoms with Gasteiger partial charge in [0, 0.05) is 54.6 Å². The molecule has 0 bridgehead atoms. The van der Waals surface area contributed by atoms with Gasteiger partial charge >= 0.3 is 0 Å². The summed E-state index contributed by atoms with van der Waals surface area (Å²) < 4.78 is 2.25. The largest absolute Gasteiger partial charge is 0.339 e. The van der Waals surface area contributed by atoms with E-state index in [1.54, 1.807) is 6.20 Å². The van der Waals surface area contributed by atoms with Gasteiger partial charge in [-0.1, -0.05) is 6.07 Å². The molecule has 3 heterocycles. The molecule has 1 aromatic carbocycles. The number of nitrogens with zero attached hydrogens (tertiary/aromatic N) is 4. The van der Waals surface area contributed by atoms with Crippen molar-refractivity contribution in [3.05, 3.63) is 60.3 Å². The number of pyridine rings is 1. The van der Waals surface area contributed by atoms with Crippen LogP contribution in [0.4, 0.5) is 0 Å².